The minimum atomic E-state index is -1.63. The summed E-state index contributed by atoms with van der Waals surface area (Å²) in [6.07, 6.45) is 2.23. The third kappa shape index (κ3) is 18.7. The monoisotopic (exact) mass is 1120 g/mol. The van der Waals surface area contributed by atoms with Gasteiger partial charge in [0.15, 0.2) is 11.3 Å². The van der Waals surface area contributed by atoms with Crippen LogP contribution in [0.3, 0.4) is 0 Å². The largest absolute Gasteiger partial charge is 0.460 e. The minimum Gasteiger partial charge on any atom is -0.460 e. The van der Waals surface area contributed by atoms with E-state index in [1.807, 2.05) is 24.3 Å². The van der Waals surface area contributed by atoms with Crippen LogP contribution in [0.4, 0.5) is 8.78 Å². The van der Waals surface area contributed by atoms with Crippen LogP contribution in [0.1, 0.15) is 112 Å². The number of carbonyl (C=O) groups is 6. The third-order valence-electron chi connectivity index (χ3n) is 11.6. The average Bonchev–Trinajstić information content (AvgIpc) is 3.24. The summed E-state index contributed by atoms with van der Waals surface area (Å²) in [5.41, 5.74) is 0.723. The first-order valence-corrected chi connectivity index (χ1v) is 24.7. The number of hydrogen-bond donors (Lipinski definition) is 0. The van der Waals surface area contributed by atoms with Gasteiger partial charge in [0.1, 0.15) is 22.8 Å². The van der Waals surface area contributed by atoms with Crippen LogP contribution in [0.2, 0.25) is 10.0 Å². The van der Waals surface area contributed by atoms with E-state index in [1.54, 1.807) is 77.9 Å². The maximum atomic E-state index is 14.3. The van der Waals surface area contributed by atoms with E-state index in [0.717, 1.165) is 11.1 Å². The number of esters is 6. The first kappa shape index (κ1) is 63.9. The molecular formula is C57H68Cl2F2O12S2. The Bertz CT molecular complexity index is 2660. The van der Waals surface area contributed by atoms with E-state index in [0.29, 0.717) is 45.1 Å². The fourth-order valence-electron chi connectivity index (χ4n) is 8.61. The van der Waals surface area contributed by atoms with Crippen LogP contribution in [0, 0.1) is 34.8 Å². The third-order valence-corrected chi connectivity index (χ3v) is 12.1. The summed E-state index contributed by atoms with van der Waals surface area (Å²) in [5, 5.41) is 0.849. The maximum Gasteiger partial charge on any atom is 0.327 e. The molecule has 75 heavy (non-hydrogen) atoms. The summed E-state index contributed by atoms with van der Waals surface area (Å²) < 4.78 is 60.9. The molecule has 4 aromatic carbocycles. The Labute approximate surface area is 462 Å². The van der Waals surface area contributed by atoms with E-state index in [9.17, 15) is 37.5 Å². The number of allylic oxidation sites excluding steroid dienone is 1. The van der Waals surface area contributed by atoms with Gasteiger partial charge in [-0.05, 0) is 144 Å². The van der Waals surface area contributed by atoms with Crippen molar-refractivity contribution in [1.82, 2.24) is 0 Å². The molecule has 2 saturated heterocycles. The van der Waals surface area contributed by atoms with Gasteiger partial charge in [-0.15, -0.1) is 6.58 Å². The highest BCUT2D eigenvalue weighted by atomic mass is 35.5. The minimum absolute atomic E-state index is 0. The van der Waals surface area contributed by atoms with E-state index in [-0.39, 0.29) is 64.9 Å². The molecule has 12 nitrogen and oxygen atoms in total. The van der Waals surface area contributed by atoms with Gasteiger partial charge in [0, 0.05) is 61.7 Å². The molecule has 18 heteroatoms. The maximum absolute atomic E-state index is 14.3. The zero-order chi connectivity index (χ0) is 54.3. The number of halogens is 4. The molecule has 2 aliphatic heterocycles. The summed E-state index contributed by atoms with van der Waals surface area (Å²) in [6.45, 7) is 20.3. The molecule has 0 saturated carbocycles. The number of ether oxygens (including phenoxy) is 6. The molecule has 2 atom stereocenters. The van der Waals surface area contributed by atoms with Crippen molar-refractivity contribution in [3.63, 3.8) is 0 Å². The first-order valence-electron chi connectivity index (χ1n) is 23.9. The highest BCUT2D eigenvalue weighted by molar-refractivity contribution is 7.59. The van der Waals surface area contributed by atoms with Gasteiger partial charge in [-0.2, -0.15) is 27.0 Å². The molecule has 4 aromatic rings. The van der Waals surface area contributed by atoms with Gasteiger partial charge in [0.25, 0.3) is 11.6 Å². The Hall–Kier alpha value is -5.42. The SMILES string of the molecule is C=CCC1(C[C@@H](CC(=O)OC(C)(C)C)Cc2ccc(-c3cc(Cl)ccc3F)cc2)C(=O)OC(C)(C)OC1=O.CC(C)(C)OC(=O)C[C@H](Cc1ccc(-c2cc(Cl)ccc2F)cc1)CC1C(=O)OC(C)(C)OC1=O.S.S. The summed E-state index contributed by atoms with van der Waals surface area (Å²) in [6, 6.07) is 23.0. The Morgan fingerprint density at radius 1 is 0.627 bits per heavy atom. The smallest absolute Gasteiger partial charge is 0.327 e. The fraction of sp³-hybridized carbons (Fsp3) is 0.439. The molecule has 0 radical (unpaired) electrons. The van der Waals surface area contributed by atoms with Crippen molar-refractivity contribution >= 4 is 86.0 Å². The van der Waals surface area contributed by atoms with Crippen LogP contribution < -0.4 is 0 Å². The molecule has 2 aliphatic rings. The standard InChI is InChI=1S/C30H34ClFO6.C27H30ClFO6.2H2S/c1-7-14-30(26(34)37-29(5,6)38-27(30)35)18-20(16-25(33)36-28(2,3)4)15-19-8-10-21(11-9-19)23-17-22(31)12-13-24(23)32;1-26(2,3)33-23(30)14-17(13-21-24(31)34-27(4,5)35-25(21)32)12-16-6-8-18(9-7-16)20-15-19(28)10-11-22(20)29;;/h7-13,17,20H,1,14-16,18H2,2-6H3;6-11,15,17,21H,12-14H2,1-5H3;2*1H2/t20-;17-;;/m11../s1. The van der Waals surface area contributed by atoms with Gasteiger partial charge < -0.3 is 28.4 Å². The van der Waals surface area contributed by atoms with Gasteiger partial charge in [0.2, 0.25) is 0 Å². The number of rotatable bonds is 16. The molecule has 6 rings (SSSR count). The van der Waals surface area contributed by atoms with Crippen LogP contribution >= 0.6 is 50.2 Å². The molecule has 0 amide bonds. The summed E-state index contributed by atoms with van der Waals surface area (Å²) in [7, 11) is 0. The van der Waals surface area contributed by atoms with Gasteiger partial charge in [0.05, 0.1) is 0 Å². The van der Waals surface area contributed by atoms with Crippen molar-refractivity contribution in [2.24, 2.45) is 23.2 Å². The topological polar surface area (TPSA) is 158 Å². The number of cyclic esters (lactones) is 4. The zero-order valence-corrected chi connectivity index (χ0v) is 47.5. The van der Waals surface area contributed by atoms with Crippen molar-refractivity contribution in [2.75, 3.05) is 0 Å². The lowest BCUT2D eigenvalue weighted by molar-refractivity contribution is -0.252. The molecule has 0 bridgehead atoms. The molecule has 0 N–H and O–H groups in total. The van der Waals surface area contributed by atoms with Crippen LogP contribution in [0.25, 0.3) is 22.3 Å². The van der Waals surface area contributed by atoms with Gasteiger partial charge >= 0.3 is 35.8 Å². The van der Waals surface area contributed by atoms with Crippen molar-refractivity contribution in [3.05, 3.63) is 130 Å². The highest BCUT2D eigenvalue weighted by Gasteiger charge is 2.56. The lowest BCUT2D eigenvalue weighted by atomic mass is 9.73. The molecule has 0 aliphatic carbocycles. The van der Waals surface area contributed by atoms with E-state index in [2.05, 4.69) is 6.58 Å². The number of benzene rings is 4. The predicted molar refractivity (Wildman–Crippen MR) is 292 cm³/mol. The van der Waals surface area contributed by atoms with Crippen molar-refractivity contribution in [2.45, 2.75) is 137 Å². The Kier molecular flexibility index (Phi) is 22.2. The van der Waals surface area contributed by atoms with Crippen LogP contribution in [0.5, 0.6) is 0 Å². The van der Waals surface area contributed by atoms with Crippen LogP contribution in [-0.2, 0) is 70.0 Å². The van der Waals surface area contributed by atoms with E-state index in [1.165, 1.54) is 58.0 Å². The predicted octanol–water partition coefficient (Wildman–Crippen LogP) is 12.9. The van der Waals surface area contributed by atoms with Crippen molar-refractivity contribution in [3.8, 4) is 22.3 Å². The molecule has 0 spiro atoms. The van der Waals surface area contributed by atoms with Crippen LogP contribution in [-0.4, -0.2) is 58.6 Å². The van der Waals surface area contributed by atoms with Crippen LogP contribution in [0.15, 0.2) is 97.6 Å². The molecule has 408 valence electrons. The molecular weight excluding hydrogens is 1050 g/mol. The summed E-state index contributed by atoms with van der Waals surface area (Å²) in [5.74, 6) is -9.14. The zero-order valence-electron chi connectivity index (χ0n) is 44.0. The Morgan fingerprint density at radius 2 is 1.00 bits per heavy atom. The van der Waals surface area contributed by atoms with Crippen molar-refractivity contribution in [1.29, 1.82) is 0 Å². The van der Waals surface area contributed by atoms with Gasteiger partial charge in [-0.25, -0.2) is 8.78 Å². The summed E-state index contributed by atoms with van der Waals surface area (Å²) in [4.78, 5) is 76.7. The molecule has 0 aromatic heterocycles. The van der Waals surface area contributed by atoms with E-state index >= 15 is 0 Å². The number of hydrogen-bond acceptors (Lipinski definition) is 12. The molecule has 0 unspecified atom stereocenters. The van der Waals surface area contributed by atoms with Gasteiger partial charge in [-0.3, -0.25) is 28.8 Å². The second-order valence-corrected chi connectivity index (χ2v) is 22.2. The second kappa shape index (κ2) is 26.1. The van der Waals surface area contributed by atoms with Crippen molar-refractivity contribution < 1.29 is 66.0 Å². The van der Waals surface area contributed by atoms with Gasteiger partial charge in [-0.1, -0.05) is 77.8 Å². The number of carbonyl (C=O) groups excluding carboxylic acids is 6. The summed E-state index contributed by atoms with van der Waals surface area (Å²) >= 11 is 12.0. The average molecular weight is 1120 g/mol. The lowest BCUT2D eigenvalue weighted by Gasteiger charge is -2.41. The molecule has 2 heterocycles. The second-order valence-electron chi connectivity index (χ2n) is 21.4. The van der Waals surface area contributed by atoms with E-state index < -0.39 is 87.6 Å². The quantitative estimate of drug-likeness (QED) is 0.0453. The highest BCUT2D eigenvalue weighted by Crippen LogP contribution is 2.43. The van der Waals surface area contributed by atoms with E-state index in [4.69, 9.17) is 51.6 Å². The lowest BCUT2D eigenvalue weighted by Crippen LogP contribution is -2.54. The fourth-order valence-corrected chi connectivity index (χ4v) is 8.95. The Balaban J connectivity index is 0.000000386. The first-order chi connectivity index (χ1) is 33.9. The normalized spacial score (nSPS) is 16.6. The molecule has 2 fully saturated rings. The Morgan fingerprint density at radius 3 is 1.39 bits per heavy atom.